The highest BCUT2D eigenvalue weighted by molar-refractivity contribution is 5.48. The van der Waals surface area contributed by atoms with E-state index < -0.39 is 0 Å². The van der Waals surface area contributed by atoms with Crippen molar-refractivity contribution in [3.8, 4) is 0 Å². The minimum atomic E-state index is 0.303. The lowest BCUT2D eigenvalue weighted by Crippen LogP contribution is -2.44. The van der Waals surface area contributed by atoms with Crippen molar-refractivity contribution in [2.24, 2.45) is 0 Å². The smallest absolute Gasteiger partial charge is 0.114 e. The molecule has 2 aliphatic heterocycles. The van der Waals surface area contributed by atoms with Crippen molar-refractivity contribution in [1.29, 1.82) is 0 Å². The van der Waals surface area contributed by atoms with Crippen LogP contribution in [0, 0.1) is 13.8 Å². The Morgan fingerprint density at radius 3 is 2.55 bits per heavy atom. The zero-order valence-electron chi connectivity index (χ0n) is 19.5. The molecule has 2 aromatic rings. The molecule has 0 radical (unpaired) electrons. The van der Waals surface area contributed by atoms with E-state index >= 15 is 0 Å². The average Bonchev–Trinajstić information content (AvgIpc) is 3.14. The molecule has 6 nitrogen and oxygen atoms in total. The van der Waals surface area contributed by atoms with Crippen LogP contribution in [0.1, 0.15) is 54.1 Å². The highest BCUT2D eigenvalue weighted by Gasteiger charge is 2.33. The maximum absolute atomic E-state index is 5.04. The minimum Gasteiger partial charge on any atom is -0.355 e. The molecule has 2 saturated heterocycles. The molecule has 2 aliphatic rings. The van der Waals surface area contributed by atoms with E-state index in [9.17, 15) is 0 Å². The van der Waals surface area contributed by atoms with E-state index in [0.29, 0.717) is 12.1 Å². The summed E-state index contributed by atoms with van der Waals surface area (Å²) in [6.07, 6.45) is 11.6. The molecule has 166 valence electrons. The Balaban J connectivity index is 1.61. The summed E-state index contributed by atoms with van der Waals surface area (Å²) in [5.41, 5.74) is 3.63. The van der Waals surface area contributed by atoms with Crippen LogP contribution < -0.4 is 0 Å². The third kappa shape index (κ3) is 4.46. The predicted molar refractivity (Wildman–Crippen MR) is 127 cm³/mol. The Morgan fingerprint density at radius 2 is 1.84 bits per heavy atom. The third-order valence-corrected chi connectivity index (χ3v) is 6.89. The van der Waals surface area contributed by atoms with Crippen LogP contribution in [-0.2, 0) is 0 Å². The summed E-state index contributed by atoms with van der Waals surface area (Å²) in [6.45, 7) is 12.4. The van der Waals surface area contributed by atoms with Gasteiger partial charge in [0, 0.05) is 38.6 Å². The first-order chi connectivity index (χ1) is 15.0. The van der Waals surface area contributed by atoms with Gasteiger partial charge in [0.2, 0.25) is 0 Å². The molecule has 0 aromatic carbocycles. The van der Waals surface area contributed by atoms with Gasteiger partial charge in [-0.15, -0.1) is 0 Å². The van der Waals surface area contributed by atoms with E-state index in [4.69, 9.17) is 9.97 Å². The Hall–Kier alpha value is -2.44. The van der Waals surface area contributed by atoms with Crippen LogP contribution in [-0.4, -0.2) is 69.5 Å². The van der Waals surface area contributed by atoms with Gasteiger partial charge in [-0.2, -0.15) is 0 Å². The SMILES string of the molecule is C=C/C=C(/N1CCN(C)CC1)n1cc([C@@H]2CCC[C@H](c3ncccc3C)N2C)nc1C. The van der Waals surface area contributed by atoms with E-state index in [2.05, 4.69) is 72.1 Å². The lowest BCUT2D eigenvalue weighted by Gasteiger charge is -2.39. The topological polar surface area (TPSA) is 40.4 Å². The van der Waals surface area contributed by atoms with Crippen molar-refractivity contribution in [3.05, 3.63) is 66.0 Å². The van der Waals surface area contributed by atoms with Crippen LogP contribution in [0.15, 0.2) is 43.3 Å². The summed E-state index contributed by atoms with van der Waals surface area (Å²) in [5.74, 6) is 2.21. The van der Waals surface area contributed by atoms with Gasteiger partial charge >= 0.3 is 0 Å². The predicted octanol–water partition coefficient (Wildman–Crippen LogP) is 4.02. The van der Waals surface area contributed by atoms with Crippen molar-refractivity contribution >= 4 is 5.82 Å². The van der Waals surface area contributed by atoms with Crippen molar-refractivity contribution in [2.45, 2.75) is 45.2 Å². The highest BCUT2D eigenvalue weighted by atomic mass is 15.3. The molecule has 0 saturated carbocycles. The Labute approximate surface area is 186 Å². The summed E-state index contributed by atoms with van der Waals surface area (Å²) in [5, 5.41) is 0. The van der Waals surface area contributed by atoms with Gasteiger partial charge in [0.05, 0.1) is 23.5 Å². The molecule has 2 atom stereocenters. The molecule has 0 unspecified atom stereocenters. The van der Waals surface area contributed by atoms with Crippen molar-refractivity contribution in [1.82, 2.24) is 29.2 Å². The molecule has 6 heteroatoms. The third-order valence-electron chi connectivity index (χ3n) is 6.89. The zero-order chi connectivity index (χ0) is 22.0. The second-order valence-corrected chi connectivity index (χ2v) is 8.97. The number of aromatic nitrogens is 3. The molecule has 0 bridgehead atoms. The molecule has 2 aromatic heterocycles. The number of rotatable bonds is 5. The molecule has 2 fully saturated rings. The second kappa shape index (κ2) is 9.37. The first-order valence-electron chi connectivity index (χ1n) is 11.5. The quantitative estimate of drug-likeness (QED) is 0.683. The number of hydrogen-bond acceptors (Lipinski definition) is 5. The standard InChI is InChI=1S/C25H36N6/c1-6-9-24(30-16-14-28(4)15-17-30)31-18-21(27-20(31)3)22-11-7-12-23(29(22)5)25-19(2)10-8-13-26-25/h6,8-10,13,18,22-23H,1,7,11-12,14-17H2,2-5H3/b24-9-/t22-,23+/m0/s1. The molecule has 0 N–H and O–H groups in total. The molecular formula is C25H36N6. The summed E-state index contributed by atoms with van der Waals surface area (Å²) in [4.78, 5) is 17.1. The number of allylic oxidation sites excluding steroid dienone is 2. The fraction of sp³-hybridized carbons (Fsp3) is 0.520. The van der Waals surface area contributed by atoms with Crippen LogP contribution in [0.5, 0.6) is 0 Å². The number of piperidine rings is 1. The van der Waals surface area contributed by atoms with E-state index in [-0.39, 0.29) is 0 Å². The highest BCUT2D eigenvalue weighted by Crippen LogP contribution is 2.40. The van der Waals surface area contributed by atoms with E-state index in [0.717, 1.165) is 50.5 Å². The van der Waals surface area contributed by atoms with Gasteiger partial charge in [0.15, 0.2) is 0 Å². The summed E-state index contributed by atoms with van der Waals surface area (Å²) in [7, 11) is 4.42. The summed E-state index contributed by atoms with van der Waals surface area (Å²) in [6, 6.07) is 4.83. The Kier molecular flexibility index (Phi) is 6.58. The number of likely N-dealkylation sites (tertiary alicyclic amines) is 1. The van der Waals surface area contributed by atoms with Gasteiger partial charge in [-0.3, -0.25) is 14.5 Å². The Morgan fingerprint density at radius 1 is 1.10 bits per heavy atom. The number of imidazole rings is 1. The van der Waals surface area contributed by atoms with Gasteiger partial charge in [-0.05, 0) is 64.9 Å². The van der Waals surface area contributed by atoms with E-state index in [1.54, 1.807) is 0 Å². The fourth-order valence-corrected chi connectivity index (χ4v) is 5.03. The van der Waals surface area contributed by atoms with Crippen LogP contribution >= 0.6 is 0 Å². The van der Waals surface area contributed by atoms with Gasteiger partial charge in [-0.1, -0.05) is 18.7 Å². The second-order valence-electron chi connectivity index (χ2n) is 8.97. The molecule has 0 spiro atoms. The fourth-order valence-electron chi connectivity index (χ4n) is 5.03. The number of pyridine rings is 1. The summed E-state index contributed by atoms with van der Waals surface area (Å²) >= 11 is 0. The van der Waals surface area contributed by atoms with Gasteiger partial charge in [0.1, 0.15) is 11.6 Å². The van der Waals surface area contributed by atoms with Crippen LogP contribution in [0.3, 0.4) is 0 Å². The van der Waals surface area contributed by atoms with Gasteiger partial charge in [0.25, 0.3) is 0 Å². The molecule has 4 rings (SSSR count). The maximum atomic E-state index is 5.04. The largest absolute Gasteiger partial charge is 0.355 e. The number of hydrogen-bond donors (Lipinski definition) is 0. The molecule has 4 heterocycles. The number of aryl methyl sites for hydroxylation is 2. The molecule has 31 heavy (non-hydrogen) atoms. The molecular weight excluding hydrogens is 384 g/mol. The van der Waals surface area contributed by atoms with E-state index in [1.807, 2.05) is 18.3 Å². The van der Waals surface area contributed by atoms with Crippen molar-refractivity contribution < 1.29 is 0 Å². The van der Waals surface area contributed by atoms with Gasteiger partial charge < -0.3 is 9.80 Å². The Bertz CT molecular complexity index is 937. The number of nitrogens with zero attached hydrogens (tertiary/aromatic N) is 6. The van der Waals surface area contributed by atoms with Crippen LogP contribution in [0.4, 0.5) is 0 Å². The normalized spacial score (nSPS) is 23.9. The first kappa shape index (κ1) is 21.8. The van der Waals surface area contributed by atoms with E-state index in [1.165, 1.54) is 23.5 Å². The first-order valence-corrected chi connectivity index (χ1v) is 11.5. The lowest BCUT2D eigenvalue weighted by molar-refractivity contribution is 0.109. The van der Waals surface area contributed by atoms with Crippen molar-refractivity contribution in [3.63, 3.8) is 0 Å². The van der Waals surface area contributed by atoms with Gasteiger partial charge in [-0.25, -0.2) is 4.98 Å². The lowest BCUT2D eigenvalue weighted by atomic mass is 9.91. The molecule has 0 amide bonds. The molecule has 0 aliphatic carbocycles. The zero-order valence-corrected chi connectivity index (χ0v) is 19.5. The number of likely N-dealkylation sites (N-methyl/N-ethyl adjacent to an activating group) is 1. The van der Waals surface area contributed by atoms with Crippen LogP contribution in [0.2, 0.25) is 0 Å². The maximum Gasteiger partial charge on any atom is 0.114 e. The van der Waals surface area contributed by atoms with Crippen molar-refractivity contribution in [2.75, 3.05) is 40.3 Å². The minimum absolute atomic E-state index is 0.303. The summed E-state index contributed by atoms with van der Waals surface area (Å²) < 4.78 is 2.26. The number of piperazine rings is 1. The van der Waals surface area contributed by atoms with Crippen LogP contribution in [0.25, 0.3) is 5.82 Å². The average molecular weight is 421 g/mol. The monoisotopic (exact) mass is 420 g/mol.